The molecule has 2 nitrogen and oxygen atoms in total. The van der Waals surface area contributed by atoms with Crippen molar-refractivity contribution in [3.8, 4) is 0 Å². The second kappa shape index (κ2) is 26.7. The predicted molar refractivity (Wildman–Crippen MR) is 166 cm³/mol. The molecule has 0 radical (unpaired) electrons. The average Bonchev–Trinajstić information content (AvgIpc) is 2.89. The van der Waals surface area contributed by atoms with Gasteiger partial charge in [-0.25, -0.2) is 9.97 Å². The Morgan fingerprint density at radius 1 is 0.378 bits per heavy atom. The normalized spacial score (nSPS) is 11.4. The lowest BCUT2D eigenvalue weighted by molar-refractivity contribution is 0.538. The highest BCUT2D eigenvalue weighted by Gasteiger charge is 2.03. The van der Waals surface area contributed by atoms with Gasteiger partial charge in [0, 0.05) is 11.4 Å². The summed E-state index contributed by atoms with van der Waals surface area (Å²) >= 11 is 0. The molecule has 0 aliphatic carbocycles. The maximum atomic E-state index is 4.73. The monoisotopic (exact) mass is 515 g/mol. The van der Waals surface area contributed by atoms with Gasteiger partial charge in [-0.1, -0.05) is 168 Å². The lowest BCUT2D eigenvalue weighted by atomic mass is 10.0. The molecule has 2 heteroatoms. The molecule has 1 aromatic heterocycles. The van der Waals surface area contributed by atoms with Crippen molar-refractivity contribution < 1.29 is 0 Å². The summed E-state index contributed by atoms with van der Waals surface area (Å²) in [5, 5.41) is 0. The Balaban J connectivity index is 1.97. The van der Waals surface area contributed by atoms with Gasteiger partial charge in [0.15, 0.2) is 0 Å². The van der Waals surface area contributed by atoms with Gasteiger partial charge in [0.2, 0.25) is 0 Å². The van der Waals surface area contributed by atoms with E-state index in [0.717, 1.165) is 18.7 Å². The van der Waals surface area contributed by atoms with Gasteiger partial charge in [-0.05, 0) is 38.7 Å². The third kappa shape index (κ3) is 22.7. The molecule has 0 spiro atoms. The van der Waals surface area contributed by atoms with Crippen LogP contribution >= 0.6 is 0 Å². The lowest BCUT2D eigenvalue weighted by Gasteiger charge is -2.07. The molecule has 0 atom stereocenters. The van der Waals surface area contributed by atoms with Crippen LogP contribution in [-0.4, -0.2) is 9.97 Å². The van der Waals surface area contributed by atoms with E-state index in [9.17, 15) is 0 Å². The molecule has 0 saturated heterocycles. The van der Waals surface area contributed by atoms with Gasteiger partial charge >= 0.3 is 0 Å². The quantitative estimate of drug-likeness (QED) is 0.104. The second-order valence-electron chi connectivity index (χ2n) is 11.9. The summed E-state index contributed by atoms with van der Waals surface area (Å²) in [5.74, 6) is 0.969. The van der Waals surface area contributed by atoms with Crippen molar-refractivity contribution >= 4 is 0 Å². The predicted octanol–water partition coefficient (Wildman–Crippen LogP) is 12.1. The summed E-state index contributed by atoms with van der Waals surface area (Å²) in [6.45, 7) is 6.67. The van der Waals surface area contributed by atoms with Crippen LogP contribution in [0.15, 0.2) is 6.07 Å². The number of unbranched alkanes of at least 4 members (excludes halogenated alkanes) is 24. The van der Waals surface area contributed by atoms with E-state index in [1.165, 1.54) is 178 Å². The smallest absolute Gasteiger partial charge is 0.125 e. The summed E-state index contributed by atoms with van der Waals surface area (Å²) in [6, 6.07) is 2.30. The molecule has 1 rings (SSSR count). The maximum absolute atomic E-state index is 4.73. The summed E-state index contributed by atoms with van der Waals surface area (Å²) in [6.07, 6.45) is 39.0. The van der Waals surface area contributed by atoms with Crippen molar-refractivity contribution in [2.24, 2.45) is 0 Å². The van der Waals surface area contributed by atoms with Gasteiger partial charge in [0.1, 0.15) is 5.82 Å². The third-order valence-corrected chi connectivity index (χ3v) is 8.02. The topological polar surface area (TPSA) is 25.8 Å². The first kappa shape index (κ1) is 34.1. The molecule has 216 valence electrons. The van der Waals surface area contributed by atoms with Crippen molar-refractivity contribution in [3.63, 3.8) is 0 Å². The van der Waals surface area contributed by atoms with Crippen LogP contribution < -0.4 is 0 Å². The minimum atomic E-state index is 0.969. The minimum Gasteiger partial charge on any atom is -0.238 e. The van der Waals surface area contributed by atoms with E-state index in [2.05, 4.69) is 26.8 Å². The standard InChI is InChI=1S/C35H66N2/c1-4-6-8-10-12-14-16-18-20-22-24-26-28-30-34-32-35(37-33(3)36-34)31-29-27-25-23-21-19-17-15-13-11-9-7-5-2/h32H,4-31H2,1-3H3. The fourth-order valence-electron chi connectivity index (χ4n) is 5.60. The van der Waals surface area contributed by atoms with Gasteiger partial charge < -0.3 is 0 Å². The number of aromatic nitrogens is 2. The molecular weight excluding hydrogens is 448 g/mol. The van der Waals surface area contributed by atoms with Crippen LogP contribution in [0.1, 0.15) is 198 Å². The van der Waals surface area contributed by atoms with Crippen LogP contribution in [0.4, 0.5) is 0 Å². The Hall–Kier alpha value is -0.920. The van der Waals surface area contributed by atoms with Gasteiger partial charge in [-0.3, -0.25) is 0 Å². The van der Waals surface area contributed by atoms with E-state index >= 15 is 0 Å². The second-order valence-corrected chi connectivity index (χ2v) is 11.9. The number of hydrogen-bond donors (Lipinski definition) is 0. The fraction of sp³-hybridized carbons (Fsp3) is 0.886. The number of aryl methyl sites for hydroxylation is 3. The molecule has 0 fully saturated rings. The first-order chi connectivity index (χ1) is 18.3. The molecular formula is C35H66N2. The van der Waals surface area contributed by atoms with Crippen LogP contribution in [0.25, 0.3) is 0 Å². The highest BCUT2D eigenvalue weighted by Crippen LogP contribution is 2.16. The van der Waals surface area contributed by atoms with Crippen molar-refractivity contribution in [2.75, 3.05) is 0 Å². The van der Waals surface area contributed by atoms with Crippen molar-refractivity contribution in [1.29, 1.82) is 0 Å². The Bertz CT molecular complexity index is 549. The molecule has 0 amide bonds. The zero-order chi connectivity index (χ0) is 26.7. The highest BCUT2D eigenvalue weighted by atomic mass is 14.9. The number of hydrogen-bond acceptors (Lipinski definition) is 2. The van der Waals surface area contributed by atoms with Crippen molar-refractivity contribution in [1.82, 2.24) is 9.97 Å². The molecule has 0 aliphatic heterocycles. The van der Waals surface area contributed by atoms with Gasteiger partial charge in [0.25, 0.3) is 0 Å². The first-order valence-corrected chi connectivity index (χ1v) is 17.1. The average molecular weight is 515 g/mol. The SMILES string of the molecule is CCCCCCCCCCCCCCCc1cc(CCCCCCCCCCCCCCC)nc(C)n1. The fourth-order valence-corrected chi connectivity index (χ4v) is 5.60. The summed E-state index contributed by atoms with van der Waals surface area (Å²) < 4.78 is 0. The maximum Gasteiger partial charge on any atom is 0.125 e. The minimum absolute atomic E-state index is 0.969. The molecule has 0 bridgehead atoms. The highest BCUT2D eigenvalue weighted by molar-refractivity contribution is 5.11. The first-order valence-electron chi connectivity index (χ1n) is 17.1. The summed E-state index contributed by atoms with van der Waals surface area (Å²) in [7, 11) is 0. The van der Waals surface area contributed by atoms with E-state index in [0.29, 0.717) is 0 Å². The van der Waals surface area contributed by atoms with Crippen molar-refractivity contribution in [2.45, 2.75) is 201 Å². The molecule has 0 saturated carbocycles. The van der Waals surface area contributed by atoms with E-state index in [1.54, 1.807) is 0 Å². The zero-order valence-electron chi connectivity index (χ0n) is 25.8. The molecule has 1 aromatic rings. The largest absolute Gasteiger partial charge is 0.238 e. The Morgan fingerprint density at radius 2 is 0.622 bits per heavy atom. The molecule has 0 unspecified atom stereocenters. The number of rotatable bonds is 28. The van der Waals surface area contributed by atoms with Crippen molar-refractivity contribution in [3.05, 3.63) is 23.3 Å². The van der Waals surface area contributed by atoms with Gasteiger partial charge in [0.05, 0.1) is 0 Å². The van der Waals surface area contributed by atoms with E-state index in [4.69, 9.17) is 9.97 Å². The van der Waals surface area contributed by atoms with Crippen LogP contribution in [0.3, 0.4) is 0 Å². The van der Waals surface area contributed by atoms with Gasteiger partial charge in [-0.2, -0.15) is 0 Å². The summed E-state index contributed by atoms with van der Waals surface area (Å²) in [5.41, 5.74) is 2.56. The lowest BCUT2D eigenvalue weighted by Crippen LogP contribution is -2.01. The van der Waals surface area contributed by atoms with Crippen LogP contribution in [0, 0.1) is 6.92 Å². The van der Waals surface area contributed by atoms with Crippen LogP contribution in [-0.2, 0) is 12.8 Å². The Morgan fingerprint density at radius 3 is 0.892 bits per heavy atom. The summed E-state index contributed by atoms with van der Waals surface area (Å²) in [4.78, 5) is 9.46. The Labute approximate surface area is 233 Å². The van der Waals surface area contributed by atoms with E-state index in [1.807, 2.05) is 0 Å². The molecule has 0 aliphatic rings. The van der Waals surface area contributed by atoms with E-state index < -0.39 is 0 Å². The van der Waals surface area contributed by atoms with E-state index in [-0.39, 0.29) is 0 Å². The molecule has 0 N–H and O–H groups in total. The van der Waals surface area contributed by atoms with Crippen LogP contribution in [0.5, 0.6) is 0 Å². The molecule has 0 aromatic carbocycles. The molecule has 37 heavy (non-hydrogen) atoms. The zero-order valence-corrected chi connectivity index (χ0v) is 25.8. The van der Waals surface area contributed by atoms with Gasteiger partial charge in [-0.15, -0.1) is 0 Å². The number of nitrogens with zero attached hydrogens (tertiary/aromatic N) is 2. The molecule has 1 heterocycles. The van der Waals surface area contributed by atoms with Crippen LogP contribution in [0.2, 0.25) is 0 Å². The third-order valence-electron chi connectivity index (χ3n) is 8.02. The Kier molecular flexibility index (Phi) is 24.6.